The molecule has 3 atom stereocenters. The number of carbonyl (C=O) groups excluding carboxylic acids is 1. The first kappa shape index (κ1) is 15.7. The molecule has 0 bridgehead atoms. The predicted molar refractivity (Wildman–Crippen MR) is 79.2 cm³/mol. The molecule has 0 aromatic rings. The van der Waals surface area contributed by atoms with Crippen LogP contribution in [0.3, 0.4) is 0 Å². The first-order valence-corrected chi connectivity index (χ1v) is 7.99. The topological polar surface area (TPSA) is 81.6 Å². The highest BCUT2D eigenvalue weighted by Gasteiger charge is 2.44. The molecule has 1 aliphatic carbocycles. The summed E-state index contributed by atoms with van der Waals surface area (Å²) in [6, 6.07) is 0. The molecule has 3 unspecified atom stereocenters. The van der Waals surface area contributed by atoms with Crippen LogP contribution in [0, 0.1) is 5.92 Å². The number of piperidine rings is 1. The molecular weight excluding hydrogens is 254 g/mol. The van der Waals surface area contributed by atoms with Crippen LogP contribution < -0.4 is 11.5 Å². The van der Waals surface area contributed by atoms with Gasteiger partial charge in [0.25, 0.3) is 0 Å². The van der Waals surface area contributed by atoms with Crippen LogP contribution in [0.15, 0.2) is 0 Å². The second-order valence-electron chi connectivity index (χ2n) is 6.30. The maximum Gasteiger partial charge on any atom is 0.237 e. The van der Waals surface area contributed by atoms with E-state index in [4.69, 9.17) is 16.2 Å². The molecule has 0 spiro atoms. The zero-order valence-corrected chi connectivity index (χ0v) is 12.6. The largest absolute Gasteiger partial charge is 0.377 e. The van der Waals surface area contributed by atoms with Gasteiger partial charge in [-0.2, -0.15) is 0 Å². The minimum atomic E-state index is -0.769. The van der Waals surface area contributed by atoms with Gasteiger partial charge in [0.1, 0.15) is 0 Å². The number of likely N-dealkylation sites (tertiary alicyclic amines) is 1. The van der Waals surface area contributed by atoms with Crippen molar-refractivity contribution in [2.45, 2.75) is 57.1 Å². The van der Waals surface area contributed by atoms with Gasteiger partial charge in [-0.3, -0.25) is 4.79 Å². The lowest BCUT2D eigenvalue weighted by Gasteiger charge is -2.35. The molecule has 1 heterocycles. The molecule has 1 saturated heterocycles. The number of hydrogen-bond acceptors (Lipinski definition) is 4. The summed E-state index contributed by atoms with van der Waals surface area (Å²) in [6.07, 6.45) is 6.49. The van der Waals surface area contributed by atoms with E-state index in [9.17, 15) is 4.79 Å². The van der Waals surface area contributed by atoms with Gasteiger partial charge in [-0.15, -0.1) is 0 Å². The van der Waals surface area contributed by atoms with Gasteiger partial charge < -0.3 is 21.1 Å². The summed E-state index contributed by atoms with van der Waals surface area (Å²) >= 11 is 0. The van der Waals surface area contributed by atoms with Gasteiger partial charge in [-0.25, -0.2) is 0 Å². The Morgan fingerprint density at radius 1 is 1.40 bits per heavy atom. The Labute approximate surface area is 122 Å². The molecule has 0 radical (unpaired) electrons. The SMILES string of the molecule is CCOC1CCCN(CCC2CCCC2(N)C(N)=O)C1. The standard InChI is InChI=1S/C15H29N3O2/c1-2-20-13-6-4-9-18(11-13)10-7-12-5-3-8-15(12,17)14(16)19/h12-13H,2-11,17H2,1H3,(H2,16,19). The third-order valence-corrected chi connectivity index (χ3v) is 4.99. The lowest BCUT2D eigenvalue weighted by Crippen LogP contribution is -2.55. The van der Waals surface area contributed by atoms with Crippen molar-refractivity contribution in [3.63, 3.8) is 0 Å². The van der Waals surface area contributed by atoms with Crippen molar-refractivity contribution in [3.05, 3.63) is 0 Å². The maximum absolute atomic E-state index is 11.6. The van der Waals surface area contributed by atoms with Crippen molar-refractivity contribution in [2.75, 3.05) is 26.2 Å². The monoisotopic (exact) mass is 283 g/mol. The zero-order chi connectivity index (χ0) is 14.6. The van der Waals surface area contributed by atoms with Gasteiger partial charge >= 0.3 is 0 Å². The van der Waals surface area contributed by atoms with E-state index in [0.717, 1.165) is 58.3 Å². The van der Waals surface area contributed by atoms with Crippen LogP contribution in [0.1, 0.15) is 45.4 Å². The molecule has 4 N–H and O–H groups in total. The molecule has 0 aromatic carbocycles. The number of rotatable bonds is 6. The Bertz CT molecular complexity index is 335. The van der Waals surface area contributed by atoms with E-state index in [-0.39, 0.29) is 11.8 Å². The first-order chi connectivity index (χ1) is 9.56. The molecule has 5 heteroatoms. The highest BCUT2D eigenvalue weighted by molar-refractivity contribution is 5.85. The Balaban J connectivity index is 1.81. The van der Waals surface area contributed by atoms with Crippen molar-refractivity contribution in [1.82, 2.24) is 4.90 Å². The average Bonchev–Trinajstić information content (AvgIpc) is 2.80. The lowest BCUT2D eigenvalue weighted by atomic mass is 9.84. The van der Waals surface area contributed by atoms with E-state index in [1.54, 1.807) is 0 Å². The Morgan fingerprint density at radius 2 is 2.20 bits per heavy atom. The van der Waals surface area contributed by atoms with Crippen LogP contribution in [-0.4, -0.2) is 48.7 Å². The van der Waals surface area contributed by atoms with Gasteiger partial charge in [0, 0.05) is 13.2 Å². The Hall–Kier alpha value is -0.650. The summed E-state index contributed by atoms with van der Waals surface area (Å²) in [5.74, 6) is -0.0849. The molecule has 2 rings (SSSR count). The number of nitrogens with zero attached hydrogens (tertiary/aromatic N) is 1. The van der Waals surface area contributed by atoms with E-state index in [1.165, 1.54) is 6.42 Å². The van der Waals surface area contributed by atoms with Crippen molar-refractivity contribution in [3.8, 4) is 0 Å². The summed E-state index contributed by atoms with van der Waals surface area (Å²) in [7, 11) is 0. The first-order valence-electron chi connectivity index (χ1n) is 7.99. The Morgan fingerprint density at radius 3 is 2.90 bits per heavy atom. The van der Waals surface area contributed by atoms with E-state index in [0.29, 0.717) is 6.10 Å². The normalized spacial score (nSPS) is 35.3. The number of nitrogens with two attached hydrogens (primary N) is 2. The van der Waals surface area contributed by atoms with Crippen molar-refractivity contribution >= 4 is 5.91 Å². The smallest absolute Gasteiger partial charge is 0.237 e. The highest BCUT2D eigenvalue weighted by Crippen LogP contribution is 2.36. The van der Waals surface area contributed by atoms with Crippen LogP contribution in [0.4, 0.5) is 0 Å². The molecule has 2 fully saturated rings. The molecule has 5 nitrogen and oxygen atoms in total. The Kier molecular flexibility index (Phi) is 5.41. The average molecular weight is 283 g/mol. The molecule has 1 aliphatic heterocycles. The molecule has 2 aliphatic rings. The quantitative estimate of drug-likeness (QED) is 0.757. The third kappa shape index (κ3) is 3.51. The van der Waals surface area contributed by atoms with Crippen molar-refractivity contribution in [1.29, 1.82) is 0 Å². The van der Waals surface area contributed by atoms with Crippen LogP contribution in [0.25, 0.3) is 0 Å². The fraction of sp³-hybridized carbons (Fsp3) is 0.933. The van der Waals surface area contributed by atoms with E-state index < -0.39 is 5.54 Å². The summed E-state index contributed by atoms with van der Waals surface area (Å²) < 4.78 is 5.72. The summed E-state index contributed by atoms with van der Waals surface area (Å²) in [5, 5.41) is 0. The fourth-order valence-electron chi connectivity index (χ4n) is 3.76. The molecule has 0 aromatic heterocycles. The number of ether oxygens (including phenoxy) is 1. The second-order valence-corrected chi connectivity index (χ2v) is 6.30. The van der Waals surface area contributed by atoms with Crippen LogP contribution >= 0.6 is 0 Å². The molecule has 1 saturated carbocycles. The minimum Gasteiger partial charge on any atom is -0.377 e. The highest BCUT2D eigenvalue weighted by atomic mass is 16.5. The van der Waals surface area contributed by atoms with Crippen molar-refractivity contribution < 1.29 is 9.53 Å². The molecule has 1 amide bonds. The van der Waals surface area contributed by atoms with Gasteiger partial charge in [0.05, 0.1) is 11.6 Å². The van der Waals surface area contributed by atoms with E-state index in [1.807, 2.05) is 6.92 Å². The number of carbonyl (C=O) groups is 1. The van der Waals surface area contributed by atoms with E-state index >= 15 is 0 Å². The summed E-state index contributed by atoms with van der Waals surface area (Å²) in [5.41, 5.74) is 10.9. The van der Waals surface area contributed by atoms with E-state index in [2.05, 4.69) is 4.90 Å². The maximum atomic E-state index is 11.6. The second kappa shape index (κ2) is 6.87. The predicted octanol–water partition coefficient (Wildman–Crippen LogP) is 0.860. The number of amides is 1. The third-order valence-electron chi connectivity index (χ3n) is 4.99. The van der Waals surface area contributed by atoms with Gasteiger partial charge in [0.2, 0.25) is 5.91 Å². The van der Waals surface area contributed by atoms with Gasteiger partial charge in [-0.05, 0) is 58.0 Å². The van der Waals surface area contributed by atoms with Gasteiger partial charge in [0.15, 0.2) is 0 Å². The van der Waals surface area contributed by atoms with Crippen LogP contribution in [0.5, 0.6) is 0 Å². The number of primary amides is 1. The zero-order valence-electron chi connectivity index (χ0n) is 12.6. The summed E-state index contributed by atoms with van der Waals surface area (Å²) in [4.78, 5) is 14.0. The minimum absolute atomic E-state index is 0.243. The fourth-order valence-corrected chi connectivity index (χ4v) is 3.76. The van der Waals surface area contributed by atoms with Gasteiger partial charge in [-0.1, -0.05) is 6.42 Å². The number of hydrogen-bond donors (Lipinski definition) is 2. The molecule has 116 valence electrons. The lowest BCUT2D eigenvalue weighted by molar-refractivity contribution is -0.124. The molecule has 20 heavy (non-hydrogen) atoms. The molecular formula is C15H29N3O2. The van der Waals surface area contributed by atoms with Crippen LogP contribution in [0.2, 0.25) is 0 Å². The summed E-state index contributed by atoms with van der Waals surface area (Å²) in [6.45, 7) is 5.97. The van der Waals surface area contributed by atoms with Crippen LogP contribution in [-0.2, 0) is 9.53 Å². The van der Waals surface area contributed by atoms with Crippen molar-refractivity contribution in [2.24, 2.45) is 17.4 Å².